The Morgan fingerprint density at radius 2 is 1.84 bits per heavy atom. The molecule has 7 heteroatoms. The van der Waals surface area contributed by atoms with Crippen molar-refractivity contribution in [2.45, 2.75) is 13.0 Å². The maximum atomic E-state index is 12.2. The Bertz CT molecular complexity index is 648. The number of carbonyl (C=O) groups is 3. The van der Waals surface area contributed by atoms with Crippen LogP contribution in [0, 0.1) is 0 Å². The van der Waals surface area contributed by atoms with E-state index in [9.17, 15) is 14.4 Å². The van der Waals surface area contributed by atoms with Gasteiger partial charge in [-0.25, -0.2) is 4.79 Å². The summed E-state index contributed by atoms with van der Waals surface area (Å²) in [4.78, 5) is 37.2. The van der Waals surface area contributed by atoms with Gasteiger partial charge in [0.05, 0.1) is 25.9 Å². The van der Waals surface area contributed by atoms with Crippen molar-refractivity contribution in [1.29, 1.82) is 0 Å². The molecule has 2 rings (SSSR count). The van der Waals surface area contributed by atoms with Crippen molar-refractivity contribution in [3.63, 3.8) is 0 Å². The molecule has 1 atom stereocenters. The highest BCUT2D eigenvalue weighted by Crippen LogP contribution is 2.07. The summed E-state index contributed by atoms with van der Waals surface area (Å²) in [7, 11) is 1.32. The van der Waals surface area contributed by atoms with E-state index in [2.05, 4.69) is 10.1 Å². The molecule has 1 unspecified atom stereocenters. The van der Waals surface area contributed by atoms with E-state index in [0.717, 1.165) is 5.56 Å². The van der Waals surface area contributed by atoms with Gasteiger partial charge in [-0.2, -0.15) is 0 Å². The highest BCUT2D eigenvalue weighted by molar-refractivity contribution is 5.95. The number of hydrogen-bond acceptors (Lipinski definition) is 5. The molecule has 25 heavy (non-hydrogen) atoms. The molecular weight excluding hydrogens is 324 g/mol. The Hall–Kier alpha value is -2.67. The lowest BCUT2D eigenvalue weighted by atomic mass is 10.1. The van der Waals surface area contributed by atoms with Crippen molar-refractivity contribution >= 4 is 23.9 Å². The average molecular weight is 346 g/mol. The predicted molar refractivity (Wildman–Crippen MR) is 91.8 cm³/mol. The molecule has 0 bridgehead atoms. The molecule has 1 aliphatic rings. The molecule has 0 radical (unpaired) electrons. The monoisotopic (exact) mass is 346 g/mol. The van der Waals surface area contributed by atoms with Gasteiger partial charge in [0.25, 0.3) is 0 Å². The van der Waals surface area contributed by atoms with Gasteiger partial charge >= 0.3 is 5.97 Å². The van der Waals surface area contributed by atoms with Gasteiger partial charge in [0, 0.05) is 19.2 Å². The number of ether oxygens (including phenoxy) is 2. The molecule has 1 fully saturated rings. The largest absolute Gasteiger partial charge is 0.465 e. The summed E-state index contributed by atoms with van der Waals surface area (Å²) in [6.07, 6.45) is 2.97. The Morgan fingerprint density at radius 3 is 2.44 bits per heavy atom. The molecular formula is C18H22N2O5. The Morgan fingerprint density at radius 1 is 1.20 bits per heavy atom. The molecule has 0 aromatic heterocycles. The zero-order valence-corrected chi connectivity index (χ0v) is 14.4. The van der Waals surface area contributed by atoms with Gasteiger partial charge < -0.3 is 19.7 Å². The molecule has 0 saturated carbocycles. The number of nitrogens with zero attached hydrogens (tertiary/aromatic N) is 1. The Kier molecular flexibility index (Phi) is 6.71. The Labute approximate surface area is 146 Å². The topological polar surface area (TPSA) is 84.9 Å². The number of benzene rings is 1. The first-order valence-electron chi connectivity index (χ1n) is 8.04. The van der Waals surface area contributed by atoms with Crippen molar-refractivity contribution in [2.24, 2.45) is 0 Å². The summed E-state index contributed by atoms with van der Waals surface area (Å²) in [5.41, 5.74) is 1.20. The first kappa shape index (κ1) is 18.7. The van der Waals surface area contributed by atoms with Gasteiger partial charge in [-0.1, -0.05) is 12.1 Å². The lowest BCUT2D eigenvalue weighted by Crippen LogP contribution is -2.50. The van der Waals surface area contributed by atoms with Crippen molar-refractivity contribution in [3.05, 3.63) is 41.5 Å². The first-order chi connectivity index (χ1) is 12.0. The normalized spacial score (nSPS) is 15.7. The second-order valence-corrected chi connectivity index (χ2v) is 5.61. The summed E-state index contributed by atoms with van der Waals surface area (Å²) in [6.45, 7) is 3.79. The highest BCUT2D eigenvalue weighted by atomic mass is 16.5. The van der Waals surface area contributed by atoms with E-state index in [-0.39, 0.29) is 11.8 Å². The highest BCUT2D eigenvalue weighted by Gasteiger charge is 2.22. The molecule has 1 heterocycles. The van der Waals surface area contributed by atoms with E-state index < -0.39 is 12.0 Å². The SMILES string of the molecule is COC(=O)c1ccc(C=CC(=O)NC(C)C(=O)N2CCOCC2)cc1. The van der Waals surface area contributed by atoms with E-state index in [4.69, 9.17) is 4.74 Å². The standard InChI is InChI=1S/C18H22N2O5/c1-13(17(22)20-9-11-25-12-10-20)19-16(21)8-5-14-3-6-15(7-4-14)18(23)24-2/h3-8,13H,9-12H2,1-2H3,(H,19,21). The number of morpholine rings is 1. The minimum absolute atomic E-state index is 0.118. The molecule has 1 aromatic carbocycles. The zero-order valence-electron chi connectivity index (χ0n) is 14.4. The number of amides is 2. The molecule has 0 aliphatic carbocycles. The van der Waals surface area contributed by atoms with Crippen molar-refractivity contribution < 1.29 is 23.9 Å². The van der Waals surface area contributed by atoms with E-state index in [1.54, 1.807) is 42.2 Å². The van der Waals surface area contributed by atoms with Gasteiger partial charge in [-0.3, -0.25) is 9.59 Å². The van der Waals surface area contributed by atoms with Gasteiger partial charge in [0.2, 0.25) is 11.8 Å². The maximum absolute atomic E-state index is 12.2. The summed E-state index contributed by atoms with van der Waals surface area (Å²) in [5, 5.41) is 2.65. The molecule has 134 valence electrons. The van der Waals surface area contributed by atoms with Crippen LogP contribution in [0.5, 0.6) is 0 Å². The number of hydrogen-bond donors (Lipinski definition) is 1. The summed E-state index contributed by atoms with van der Waals surface area (Å²) in [5.74, 6) is -0.887. The van der Waals surface area contributed by atoms with Crippen molar-refractivity contribution in [2.75, 3.05) is 33.4 Å². The van der Waals surface area contributed by atoms with E-state index in [0.29, 0.717) is 31.9 Å². The third kappa shape index (κ3) is 5.42. The molecule has 0 spiro atoms. The second kappa shape index (κ2) is 8.98. The average Bonchev–Trinajstić information content (AvgIpc) is 2.66. The van der Waals surface area contributed by atoms with Crippen LogP contribution in [-0.4, -0.2) is 62.1 Å². The van der Waals surface area contributed by atoms with E-state index in [1.165, 1.54) is 13.2 Å². The lowest BCUT2D eigenvalue weighted by Gasteiger charge is -2.29. The number of nitrogens with one attached hydrogen (secondary N) is 1. The second-order valence-electron chi connectivity index (χ2n) is 5.61. The quantitative estimate of drug-likeness (QED) is 0.631. The van der Waals surface area contributed by atoms with Gasteiger partial charge in [0.1, 0.15) is 6.04 Å². The van der Waals surface area contributed by atoms with Crippen molar-refractivity contribution in [3.8, 4) is 0 Å². The zero-order chi connectivity index (χ0) is 18.2. The fraction of sp³-hybridized carbons (Fsp3) is 0.389. The third-order valence-corrected chi connectivity index (χ3v) is 3.81. The number of rotatable bonds is 5. The van der Waals surface area contributed by atoms with Crippen molar-refractivity contribution in [1.82, 2.24) is 10.2 Å². The van der Waals surface area contributed by atoms with Crippen LogP contribution in [0.2, 0.25) is 0 Å². The number of carbonyl (C=O) groups excluding carboxylic acids is 3. The third-order valence-electron chi connectivity index (χ3n) is 3.81. The summed E-state index contributed by atoms with van der Waals surface area (Å²) >= 11 is 0. The number of esters is 1. The molecule has 1 saturated heterocycles. The molecule has 7 nitrogen and oxygen atoms in total. The van der Waals surface area contributed by atoms with Crippen LogP contribution in [0.25, 0.3) is 6.08 Å². The van der Waals surface area contributed by atoms with Crippen LogP contribution >= 0.6 is 0 Å². The van der Waals surface area contributed by atoms with Crippen LogP contribution < -0.4 is 5.32 Å². The van der Waals surface area contributed by atoms with Gasteiger partial charge in [-0.05, 0) is 30.7 Å². The first-order valence-corrected chi connectivity index (χ1v) is 8.04. The van der Waals surface area contributed by atoms with Gasteiger partial charge in [0.15, 0.2) is 0 Å². The fourth-order valence-electron chi connectivity index (χ4n) is 2.40. The summed E-state index contributed by atoms with van der Waals surface area (Å²) in [6, 6.07) is 6.05. The summed E-state index contributed by atoms with van der Waals surface area (Å²) < 4.78 is 9.83. The van der Waals surface area contributed by atoms with Crippen LogP contribution in [-0.2, 0) is 19.1 Å². The van der Waals surface area contributed by atoms with Crippen LogP contribution in [0.15, 0.2) is 30.3 Å². The van der Waals surface area contributed by atoms with Gasteiger partial charge in [-0.15, -0.1) is 0 Å². The Balaban J connectivity index is 1.87. The van der Waals surface area contributed by atoms with Crippen LogP contribution in [0.3, 0.4) is 0 Å². The minimum Gasteiger partial charge on any atom is -0.465 e. The van der Waals surface area contributed by atoms with Crippen LogP contribution in [0.1, 0.15) is 22.8 Å². The molecule has 1 N–H and O–H groups in total. The van der Waals surface area contributed by atoms with E-state index in [1.807, 2.05) is 0 Å². The lowest BCUT2D eigenvalue weighted by molar-refractivity contribution is -0.138. The fourth-order valence-corrected chi connectivity index (χ4v) is 2.40. The molecule has 1 aromatic rings. The smallest absolute Gasteiger partial charge is 0.337 e. The molecule has 2 amide bonds. The van der Waals surface area contributed by atoms with Crippen LogP contribution in [0.4, 0.5) is 0 Å². The molecule has 1 aliphatic heterocycles. The predicted octanol–water partition coefficient (Wildman–Crippen LogP) is 0.850. The maximum Gasteiger partial charge on any atom is 0.337 e. The number of methoxy groups -OCH3 is 1. The van der Waals surface area contributed by atoms with E-state index >= 15 is 0 Å². The minimum atomic E-state index is -0.600.